The molecule has 0 amide bonds. The van der Waals surface area contributed by atoms with E-state index in [1.165, 1.54) is 5.69 Å². The summed E-state index contributed by atoms with van der Waals surface area (Å²) in [6, 6.07) is 0.511. The molecule has 2 heterocycles. The van der Waals surface area contributed by atoms with Crippen LogP contribution >= 0.6 is 15.9 Å². The molecule has 1 aliphatic rings. The summed E-state index contributed by atoms with van der Waals surface area (Å²) in [7, 11) is 4.18. The van der Waals surface area contributed by atoms with Gasteiger partial charge in [0, 0.05) is 26.2 Å². The van der Waals surface area contributed by atoms with Crippen molar-refractivity contribution in [2.24, 2.45) is 7.05 Å². The number of hydrogen-bond acceptors (Lipinski definition) is 3. The highest BCUT2D eigenvalue weighted by molar-refractivity contribution is 9.10. The summed E-state index contributed by atoms with van der Waals surface area (Å²) in [6.07, 6.45) is 2.40. The lowest BCUT2D eigenvalue weighted by Crippen LogP contribution is -2.36. The van der Waals surface area contributed by atoms with Crippen LogP contribution in [0, 0.1) is 0 Å². The Morgan fingerprint density at radius 3 is 2.78 bits per heavy atom. The first-order chi connectivity index (χ1) is 8.54. The zero-order valence-electron chi connectivity index (χ0n) is 11.6. The van der Waals surface area contributed by atoms with Crippen molar-refractivity contribution in [1.29, 1.82) is 0 Å². The molecular weight excluding hydrogens is 294 g/mol. The Kier molecular flexibility index (Phi) is 4.45. The summed E-state index contributed by atoms with van der Waals surface area (Å²) in [6.45, 7) is 6.07. The first-order valence-corrected chi connectivity index (χ1v) is 7.36. The minimum Gasteiger partial charge on any atom is -0.377 e. The molecule has 2 unspecified atom stereocenters. The normalized spacial score (nSPS) is 24.1. The Balaban J connectivity index is 2.11. The average molecular weight is 316 g/mol. The fourth-order valence-electron chi connectivity index (χ4n) is 2.64. The number of ether oxygens (including phenoxy) is 1. The molecule has 0 saturated carbocycles. The van der Waals surface area contributed by atoms with Gasteiger partial charge in [-0.05, 0) is 42.7 Å². The Bertz CT molecular complexity index is 419. The number of aromatic nitrogens is 2. The van der Waals surface area contributed by atoms with E-state index in [9.17, 15) is 0 Å². The van der Waals surface area contributed by atoms with Crippen LogP contribution in [0.3, 0.4) is 0 Å². The molecule has 2 atom stereocenters. The largest absolute Gasteiger partial charge is 0.377 e. The second-order valence-corrected chi connectivity index (χ2v) is 5.82. The van der Waals surface area contributed by atoms with E-state index in [0.29, 0.717) is 12.1 Å². The minimum atomic E-state index is 0.327. The third-order valence-corrected chi connectivity index (χ3v) is 4.72. The van der Waals surface area contributed by atoms with Crippen LogP contribution in [0.2, 0.25) is 0 Å². The van der Waals surface area contributed by atoms with Gasteiger partial charge in [-0.1, -0.05) is 6.92 Å². The van der Waals surface area contributed by atoms with E-state index in [2.05, 4.69) is 46.8 Å². The highest BCUT2D eigenvalue weighted by atomic mass is 79.9. The van der Waals surface area contributed by atoms with Crippen LogP contribution < -0.4 is 0 Å². The minimum absolute atomic E-state index is 0.327. The molecule has 0 N–H and O–H groups in total. The molecule has 1 saturated heterocycles. The van der Waals surface area contributed by atoms with Crippen molar-refractivity contribution in [3.05, 3.63) is 15.9 Å². The molecule has 1 aromatic heterocycles. The molecule has 4 nitrogen and oxygen atoms in total. The van der Waals surface area contributed by atoms with Crippen molar-refractivity contribution >= 4 is 15.9 Å². The van der Waals surface area contributed by atoms with E-state index in [4.69, 9.17) is 4.74 Å². The van der Waals surface area contributed by atoms with Crippen LogP contribution in [-0.2, 0) is 24.8 Å². The number of halogens is 1. The maximum Gasteiger partial charge on any atom is 0.0767 e. The quantitative estimate of drug-likeness (QED) is 0.854. The summed E-state index contributed by atoms with van der Waals surface area (Å²) in [5, 5.41) is 4.54. The van der Waals surface area contributed by atoms with Crippen LogP contribution in [0.5, 0.6) is 0 Å². The Morgan fingerprint density at radius 1 is 1.56 bits per heavy atom. The maximum atomic E-state index is 5.64. The number of rotatable bonds is 4. The van der Waals surface area contributed by atoms with E-state index in [1.807, 2.05) is 11.7 Å². The lowest BCUT2D eigenvalue weighted by Gasteiger charge is -2.26. The predicted molar refractivity (Wildman–Crippen MR) is 75.6 cm³/mol. The molecular formula is C13H22BrN3O. The third kappa shape index (κ3) is 2.63. The molecule has 1 aromatic rings. The zero-order valence-corrected chi connectivity index (χ0v) is 13.2. The van der Waals surface area contributed by atoms with Crippen LogP contribution in [0.4, 0.5) is 0 Å². The lowest BCUT2D eigenvalue weighted by atomic mass is 10.1. The number of hydrogen-bond donors (Lipinski definition) is 0. The maximum absolute atomic E-state index is 5.64. The summed E-state index contributed by atoms with van der Waals surface area (Å²) in [4.78, 5) is 2.37. The predicted octanol–water partition coefficient (Wildman–Crippen LogP) is 2.35. The third-order valence-electron chi connectivity index (χ3n) is 3.80. The first kappa shape index (κ1) is 14.0. The summed E-state index contributed by atoms with van der Waals surface area (Å²) < 4.78 is 8.78. The molecule has 0 spiro atoms. The monoisotopic (exact) mass is 315 g/mol. The Morgan fingerprint density at radius 2 is 2.28 bits per heavy atom. The van der Waals surface area contributed by atoms with Gasteiger partial charge in [-0.15, -0.1) is 0 Å². The van der Waals surface area contributed by atoms with E-state index in [0.717, 1.165) is 36.2 Å². The van der Waals surface area contributed by atoms with Crippen molar-refractivity contribution in [2.45, 2.75) is 45.4 Å². The lowest BCUT2D eigenvalue weighted by molar-refractivity contribution is 0.0806. The van der Waals surface area contributed by atoms with Crippen molar-refractivity contribution in [2.75, 3.05) is 13.7 Å². The van der Waals surface area contributed by atoms with Gasteiger partial charge in [-0.2, -0.15) is 5.10 Å². The van der Waals surface area contributed by atoms with Gasteiger partial charge in [0.05, 0.1) is 22.0 Å². The Hall–Kier alpha value is -0.390. The Labute approximate surface area is 117 Å². The van der Waals surface area contributed by atoms with Crippen LogP contribution in [0.25, 0.3) is 0 Å². The molecule has 0 aliphatic carbocycles. The van der Waals surface area contributed by atoms with Gasteiger partial charge in [0.15, 0.2) is 0 Å². The van der Waals surface area contributed by atoms with E-state index in [1.54, 1.807) is 0 Å². The SMILES string of the molecule is CCc1nn(C)c(CN(C)C2CCOC2C)c1Br. The van der Waals surface area contributed by atoms with Gasteiger partial charge in [0.25, 0.3) is 0 Å². The smallest absolute Gasteiger partial charge is 0.0767 e. The van der Waals surface area contributed by atoms with Crippen molar-refractivity contribution in [1.82, 2.24) is 14.7 Å². The molecule has 0 aromatic carbocycles. The summed E-state index contributed by atoms with van der Waals surface area (Å²) >= 11 is 3.67. The standard InChI is InChI=1S/C13H22BrN3O/c1-5-10-13(14)12(17(4)15-10)8-16(3)11-6-7-18-9(11)2/h9,11H,5-8H2,1-4H3. The highest BCUT2D eigenvalue weighted by Gasteiger charge is 2.28. The van der Waals surface area contributed by atoms with Crippen molar-refractivity contribution in [3.8, 4) is 0 Å². The van der Waals surface area contributed by atoms with E-state index >= 15 is 0 Å². The molecule has 2 rings (SSSR count). The molecule has 18 heavy (non-hydrogen) atoms. The molecule has 1 fully saturated rings. The van der Waals surface area contributed by atoms with Gasteiger partial charge in [-0.3, -0.25) is 9.58 Å². The van der Waals surface area contributed by atoms with Gasteiger partial charge < -0.3 is 4.74 Å². The van der Waals surface area contributed by atoms with Crippen LogP contribution in [-0.4, -0.2) is 40.5 Å². The average Bonchev–Trinajstić information content (AvgIpc) is 2.87. The fraction of sp³-hybridized carbons (Fsp3) is 0.769. The van der Waals surface area contributed by atoms with Crippen molar-refractivity contribution < 1.29 is 4.74 Å². The number of aryl methyl sites for hydroxylation is 2. The molecule has 5 heteroatoms. The molecule has 0 radical (unpaired) electrons. The van der Waals surface area contributed by atoms with Crippen molar-refractivity contribution in [3.63, 3.8) is 0 Å². The van der Waals surface area contributed by atoms with Gasteiger partial charge in [0.2, 0.25) is 0 Å². The van der Waals surface area contributed by atoms with Gasteiger partial charge >= 0.3 is 0 Å². The zero-order chi connectivity index (χ0) is 13.3. The van der Waals surface area contributed by atoms with Gasteiger partial charge in [-0.25, -0.2) is 0 Å². The van der Waals surface area contributed by atoms with E-state index < -0.39 is 0 Å². The number of likely N-dealkylation sites (N-methyl/N-ethyl adjacent to an activating group) is 1. The summed E-state index contributed by atoms with van der Waals surface area (Å²) in [5.41, 5.74) is 2.38. The highest BCUT2D eigenvalue weighted by Crippen LogP contribution is 2.25. The molecule has 1 aliphatic heterocycles. The molecule has 102 valence electrons. The van der Waals surface area contributed by atoms with Crippen LogP contribution in [0.1, 0.15) is 31.7 Å². The first-order valence-electron chi connectivity index (χ1n) is 6.56. The van der Waals surface area contributed by atoms with E-state index in [-0.39, 0.29) is 0 Å². The molecule has 0 bridgehead atoms. The second kappa shape index (κ2) is 5.72. The fourth-order valence-corrected chi connectivity index (χ4v) is 3.39. The number of nitrogens with zero attached hydrogens (tertiary/aromatic N) is 3. The second-order valence-electron chi connectivity index (χ2n) is 5.03. The summed E-state index contributed by atoms with van der Waals surface area (Å²) in [5.74, 6) is 0. The topological polar surface area (TPSA) is 30.3 Å². The van der Waals surface area contributed by atoms with Gasteiger partial charge in [0.1, 0.15) is 0 Å². The van der Waals surface area contributed by atoms with Crippen LogP contribution in [0.15, 0.2) is 4.47 Å².